The Balaban J connectivity index is 2.95. The molecule has 114 valence electrons. The SMILES string of the molecule is CO[C@H]1OC[C@H](OC(C)=O)[C@H](NC(C)=O)[C@@H]1OC(C)=O. The first kappa shape index (κ1) is 16.4. The molecule has 4 atom stereocenters. The largest absolute Gasteiger partial charge is 0.458 e. The third kappa shape index (κ3) is 4.46. The number of ether oxygens (including phenoxy) is 4. The summed E-state index contributed by atoms with van der Waals surface area (Å²) < 4.78 is 20.6. The summed E-state index contributed by atoms with van der Waals surface area (Å²) in [6.45, 7) is 3.81. The van der Waals surface area contributed by atoms with Crippen LogP contribution in [0, 0.1) is 0 Å². The standard InChI is InChI=1S/C12H19NO7/c1-6(14)13-10-9(19-7(2)15)5-18-12(17-4)11(10)20-8(3)16/h9-12H,5H2,1-4H3,(H,13,14)/t9-,10-,11-,12-/m0/s1. The Morgan fingerprint density at radius 2 is 1.70 bits per heavy atom. The van der Waals surface area contributed by atoms with E-state index in [2.05, 4.69) is 5.32 Å². The second-order valence-corrected chi connectivity index (χ2v) is 4.39. The zero-order valence-corrected chi connectivity index (χ0v) is 11.9. The molecule has 1 aliphatic rings. The fraction of sp³-hybridized carbons (Fsp3) is 0.750. The minimum Gasteiger partial charge on any atom is -0.458 e. The van der Waals surface area contributed by atoms with Crippen molar-refractivity contribution in [2.45, 2.75) is 45.3 Å². The van der Waals surface area contributed by atoms with Gasteiger partial charge in [0.05, 0.1) is 6.61 Å². The molecule has 1 rings (SSSR count). The summed E-state index contributed by atoms with van der Waals surface area (Å²) >= 11 is 0. The van der Waals surface area contributed by atoms with Gasteiger partial charge in [0.25, 0.3) is 0 Å². The molecular weight excluding hydrogens is 270 g/mol. The van der Waals surface area contributed by atoms with Crippen LogP contribution in [0.2, 0.25) is 0 Å². The molecule has 0 radical (unpaired) electrons. The van der Waals surface area contributed by atoms with Crippen molar-refractivity contribution in [2.24, 2.45) is 0 Å². The van der Waals surface area contributed by atoms with E-state index in [9.17, 15) is 14.4 Å². The number of amides is 1. The first-order valence-corrected chi connectivity index (χ1v) is 6.11. The lowest BCUT2D eigenvalue weighted by atomic mass is 10.0. The van der Waals surface area contributed by atoms with Gasteiger partial charge in [-0.05, 0) is 0 Å². The fourth-order valence-corrected chi connectivity index (χ4v) is 2.02. The van der Waals surface area contributed by atoms with E-state index in [0.717, 1.165) is 0 Å². The van der Waals surface area contributed by atoms with Gasteiger partial charge < -0.3 is 24.3 Å². The maximum Gasteiger partial charge on any atom is 0.303 e. The van der Waals surface area contributed by atoms with Crippen LogP contribution < -0.4 is 5.32 Å². The Morgan fingerprint density at radius 3 is 2.15 bits per heavy atom. The molecule has 0 aromatic heterocycles. The molecule has 1 amide bonds. The van der Waals surface area contributed by atoms with Crippen LogP contribution in [0.5, 0.6) is 0 Å². The van der Waals surface area contributed by atoms with Crippen molar-refractivity contribution in [3.05, 3.63) is 0 Å². The molecule has 1 saturated heterocycles. The third-order valence-electron chi connectivity index (χ3n) is 2.67. The quantitative estimate of drug-likeness (QED) is 0.687. The highest BCUT2D eigenvalue weighted by atomic mass is 16.7. The van der Waals surface area contributed by atoms with Crippen LogP contribution in [0.1, 0.15) is 20.8 Å². The Hall–Kier alpha value is -1.67. The summed E-state index contributed by atoms with van der Waals surface area (Å²) in [5.41, 5.74) is 0. The Bertz CT molecular complexity index is 384. The molecule has 0 spiro atoms. The van der Waals surface area contributed by atoms with Crippen molar-refractivity contribution in [1.82, 2.24) is 5.32 Å². The van der Waals surface area contributed by atoms with Gasteiger partial charge in [-0.25, -0.2) is 0 Å². The molecule has 1 N–H and O–H groups in total. The van der Waals surface area contributed by atoms with Gasteiger partial charge in [0.2, 0.25) is 5.91 Å². The first-order chi connectivity index (χ1) is 9.35. The van der Waals surface area contributed by atoms with Crippen LogP contribution in [0.15, 0.2) is 0 Å². The highest BCUT2D eigenvalue weighted by molar-refractivity contribution is 5.74. The van der Waals surface area contributed by atoms with Gasteiger partial charge in [-0.1, -0.05) is 0 Å². The van der Waals surface area contributed by atoms with Gasteiger partial charge in [-0.15, -0.1) is 0 Å². The van der Waals surface area contributed by atoms with Crippen LogP contribution in [0.3, 0.4) is 0 Å². The smallest absolute Gasteiger partial charge is 0.303 e. The maximum absolute atomic E-state index is 11.3. The number of esters is 2. The molecule has 1 heterocycles. The third-order valence-corrected chi connectivity index (χ3v) is 2.67. The van der Waals surface area contributed by atoms with Gasteiger partial charge in [0.15, 0.2) is 12.4 Å². The van der Waals surface area contributed by atoms with E-state index in [4.69, 9.17) is 18.9 Å². The highest BCUT2D eigenvalue weighted by Crippen LogP contribution is 2.22. The van der Waals surface area contributed by atoms with Crippen LogP contribution >= 0.6 is 0 Å². The minimum atomic E-state index is -0.903. The van der Waals surface area contributed by atoms with Crippen molar-refractivity contribution in [1.29, 1.82) is 0 Å². The molecule has 0 aromatic rings. The summed E-state index contributed by atoms with van der Waals surface area (Å²) in [6, 6.07) is -0.737. The number of carbonyl (C=O) groups excluding carboxylic acids is 3. The number of carbonyl (C=O) groups is 3. The summed E-state index contributed by atoms with van der Waals surface area (Å²) in [5.74, 6) is -1.42. The van der Waals surface area contributed by atoms with Crippen LogP contribution in [0.25, 0.3) is 0 Å². The number of methoxy groups -OCH3 is 1. The molecule has 0 saturated carbocycles. The fourth-order valence-electron chi connectivity index (χ4n) is 2.02. The van der Waals surface area contributed by atoms with E-state index < -0.39 is 36.5 Å². The van der Waals surface area contributed by atoms with Crippen LogP contribution in [0.4, 0.5) is 0 Å². The predicted molar refractivity (Wildman–Crippen MR) is 65.5 cm³/mol. The summed E-state index contributed by atoms with van der Waals surface area (Å²) in [7, 11) is 1.39. The average Bonchev–Trinajstić information content (AvgIpc) is 2.31. The Morgan fingerprint density at radius 1 is 1.10 bits per heavy atom. The molecule has 0 unspecified atom stereocenters. The molecule has 1 aliphatic heterocycles. The van der Waals surface area contributed by atoms with Crippen molar-refractivity contribution < 1.29 is 33.3 Å². The number of nitrogens with one attached hydrogen (secondary N) is 1. The number of hydrogen-bond acceptors (Lipinski definition) is 7. The highest BCUT2D eigenvalue weighted by Gasteiger charge is 2.45. The lowest BCUT2D eigenvalue weighted by Gasteiger charge is -2.40. The topological polar surface area (TPSA) is 100 Å². The zero-order valence-electron chi connectivity index (χ0n) is 11.9. The second-order valence-electron chi connectivity index (χ2n) is 4.39. The van der Waals surface area contributed by atoms with Crippen molar-refractivity contribution in [2.75, 3.05) is 13.7 Å². The van der Waals surface area contributed by atoms with E-state index in [0.29, 0.717) is 0 Å². The molecule has 1 fully saturated rings. The summed E-state index contributed by atoms with van der Waals surface area (Å²) in [4.78, 5) is 33.6. The lowest BCUT2D eigenvalue weighted by Crippen LogP contribution is -2.62. The molecule has 0 aliphatic carbocycles. The Labute approximate surface area is 116 Å². The van der Waals surface area contributed by atoms with E-state index in [-0.39, 0.29) is 12.5 Å². The van der Waals surface area contributed by atoms with E-state index in [1.165, 1.54) is 27.9 Å². The normalized spacial score (nSPS) is 29.4. The molecule has 8 nitrogen and oxygen atoms in total. The van der Waals surface area contributed by atoms with Crippen molar-refractivity contribution in [3.63, 3.8) is 0 Å². The van der Waals surface area contributed by atoms with E-state index >= 15 is 0 Å². The molecule has 0 bridgehead atoms. The lowest BCUT2D eigenvalue weighted by molar-refractivity contribution is -0.247. The first-order valence-electron chi connectivity index (χ1n) is 6.11. The number of hydrogen-bond donors (Lipinski definition) is 1. The summed E-state index contributed by atoms with van der Waals surface area (Å²) in [5, 5.41) is 2.60. The van der Waals surface area contributed by atoms with Gasteiger partial charge in [-0.2, -0.15) is 0 Å². The molecule has 8 heteroatoms. The maximum atomic E-state index is 11.3. The van der Waals surface area contributed by atoms with Crippen LogP contribution in [-0.4, -0.2) is 56.1 Å². The average molecular weight is 289 g/mol. The molecular formula is C12H19NO7. The van der Waals surface area contributed by atoms with Gasteiger partial charge in [0, 0.05) is 27.9 Å². The number of rotatable bonds is 4. The van der Waals surface area contributed by atoms with E-state index in [1.807, 2.05) is 0 Å². The van der Waals surface area contributed by atoms with Crippen molar-refractivity contribution >= 4 is 17.8 Å². The van der Waals surface area contributed by atoms with E-state index in [1.54, 1.807) is 0 Å². The molecule has 0 aromatic carbocycles. The van der Waals surface area contributed by atoms with Crippen molar-refractivity contribution in [3.8, 4) is 0 Å². The molecule has 20 heavy (non-hydrogen) atoms. The minimum absolute atomic E-state index is 0.0286. The summed E-state index contributed by atoms with van der Waals surface area (Å²) in [6.07, 6.45) is -2.51. The van der Waals surface area contributed by atoms with Crippen LogP contribution in [-0.2, 0) is 33.3 Å². The van der Waals surface area contributed by atoms with Gasteiger partial charge >= 0.3 is 11.9 Å². The predicted octanol–water partition coefficient (Wildman–Crippen LogP) is -0.643. The Kier molecular flexibility index (Phi) is 5.90. The second kappa shape index (κ2) is 7.20. The monoisotopic (exact) mass is 289 g/mol. The van der Waals surface area contributed by atoms with Gasteiger partial charge in [-0.3, -0.25) is 14.4 Å². The zero-order chi connectivity index (χ0) is 15.3. The van der Waals surface area contributed by atoms with Gasteiger partial charge in [0.1, 0.15) is 12.1 Å².